The molecule has 0 heterocycles. The van der Waals surface area contributed by atoms with Crippen LogP contribution in [0.4, 0.5) is 4.79 Å². The van der Waals surface area contributed by atoms with Crippen LogP contribution in [-0.4, -0.2) is 74.2 Å². The standard InChI is InChI=1S/C22H47N7O4/c23-12-6-2-1-3-9-15-29(21(31)19(26)11-5-8-14-25)16-20(30)28-18(10-4-7-13-24)17-33-22(27)32/h18-19H,1-17,23-26H2,(H2,27,32)(H,28,30)/t18-,19-/m0/s1. The van der Waals surface area contributed by atoms with E-state index in [4.69, 9.17) is 33.4 Å². The number of hydrogen-bond donors (Lipinski definition) is 6. The molecule has 33 heavy (non-hydrogen) atoms. The van der Waals surface area contributed by atoms with Crippen molar-refractivity contribution < 1.29 is 19.1 Å². The second-order valence-electron chi connectivity index (χ2n) is 8.39. The average molecular weight is 474 g/mol. The molecule has 11 N–H and O–H groups in total. The van der Waals surface area contributed by atoms with E-state index in [-0.39, 0.29) is 25.0 Å². The third-order valence-corrected chi connectivity index (χ3v) is 5.36. The first-order valence-electron chi connectivity index (χ1n) is 12.2. The number of unbranched alkanes of at least 4 members (excludes halogenated alkanes) is 6. The maximum atomic E-state index is 12.9. The Labute approximate surface area is 198 Å². The molecule has 0 aliphatic rings. The summed E-state index contributed by atoms with van der Waals surface area (Å²) < 4.78 is 4.87. The molecule has 0 spiro atoms. The first-order valence-corrected chi connectivity index (χ1v) is 12.2. The minimum absolute atomic E-state index is 0.0284. The van der Waals surface area contributed by atoms with Gasteiger partial charge in [0.05, 0.1) is 18.6 Å². The Morgan fingerprint density at radius 3 is 1.94 bits per heavy atom. The van der Waals surface area contributed by atoms with Crippen LogP contribution in [0.15, 0.2) is 0 Å². The molecule has 0 radical (unpaired) electrons. The van der Waals surface area contributed by atoms with Crippen molar-refractivity contribution in [1.82, 2.24) is 10.2 Å². The molecule has 0 fully saturated rings. The zero-order chi connectivity index (χ0) is 24.9. The average Bonchev–Trinajstić information content (AvgIpc) is 2.78. The van der Waals surface area contributed by atoms with Gasteiger partial charge in [-0.3, -0.25) is 9.59 Å². The van der Waals surface area contributed by atoms with Crippen molar-refractivity contribution in [2.45, 2.75) is 82.7 Å². The predicted molar refractivity (Wildman–Crippen MR) is 130 cm³/mol. The first-order chi connectivity index (χ1) is 15.8. The lowest BCUT2D eigenvalue weighted by Crippen LogP contribution is -2.50. The molecule has 3 amide bonds. The quantitative estimate of drug-likeness (QED) is 0.124. The van der Waals surface area contributed by atoms with Gasteiger partial charge >= 0.3 is 6.09 Å². The lowest BCUT2D eigenvalue weighted by Gasteiger charge is -2.27. The molecular weight excluding hydrogens is 426 g/mol. The van der Waals surface area contributed by atoms with Gasteiger partial charge in [0.25, 0.3) is 0 Å². The fraction of sp³-hybridized carbons (Fsp3) is 0.864. The Morgan fingerprint density at radius 1 is 0.788 bits per heavy atom. The second kappa shape index (κ2) is 20.6. The van der Waals surface area contributed by atoms with Crippen molar-refractivity contribution in [2.75, 3.05) is 39.3 Å². The Hall–Kier alpha value is -1.95. The molecule has 0 aromatic heterocycles. The minimum atomic E-state index is -0.900. The molecule has 0 aromatic carbocycles. The van der Waals surface area contributed by atoms with Crippen molar-refractivity contribution in [3.05, 3.63) is 0 Å². The number of primary amides is 1. The predicted octanol–water partition coefficient (Wildman–Crippen LogP) is -0.110. The molecule has 0 saturated carbocycles. The summed E-state index contributed by atoms with van der Waals surface area (Å²) in [4.78, 5) is 38.1. The fourth-order valence-electron chi connectivity index (χ4n) is 3.47. The van der Waals surface area contributed by atoms with E-state index in [1.54, 1.807) is 0 Å². The van der Waals surface area contributed by atoms with Gasteiger partial charge in [-0.1, -0.05) is 32.1 Å². The maximum absolute atomic E-state index is 12.9. The highest BCUT2D eigenvalue weighted by molar-refractivity contribution is 5.87. The van der Waals surface area contributed by atoms with E-state index in [1.807, 2.05) is 0 Å². The van der Waals surface area contributed by atoms with Crippen LogP contribution in [0.25, 0.3) is 0 Å². The number of ether oxygens (including phenoxy) is 1. The molecular formula is C22H47N7O4. The van der Waals surface area contributed by atoms with Crippen LogP contribution in [0.1, 0.15) is 70.6 Å². The number of nitrogens with one attached hydrogen (secondary N) is 1. The summed E-state index contributed by atoms with van der Waals surface area (Å²) in [5, 5.41) is 2.85. The van der Waals surface area contributed by atoms with Gasteiger partial charge in [-0.2, -0.15) is 0 Å². The van der Waals surface area contributed by atoms with E-state index in [9.17, 15) is 14.4 Å². The smallest absolute Gasteiger partial charge is 0.404 e. The van der Waals surface area contributed by atoms with E-state index in [0.29, 0.717) is 39.0 Å². The van der Waals surface area contributed by atoms with Gasteiger partial charge in [0.2, 0.25) is 11.8 Å². The molecule has 0 unspecified atom stereocenters. The minimum Gasteiger partial charge on any atom is -0.448 e. The number of amides is 3. The summed E-state index contributed by atoms with van der Waals surface area (Å²) in [6.07, 6.45) is 8.11. The van der Waals surface area contributed by atoms with Crippen molar-refractivity contribution >= 4 is 17.9 Å². The monoisotopic (exact) mass is 473 g/mol. The highest BCUT2D eigenvalue weighted by atomic mass is 16.5. The number of carbonyl (C=O) groups is 3. The number of nitrogens with zero attached hydrogens (tertiary/aromatic N) is 1. The first kappa shape index (κ1) is 31.0. The van der Waals surface area contributed by atoms with Crippen molar-refractivity contribution in [3.63, 3.8) is 0 Å². The van der Waals surface area contributed by atoms with E-state index < -0.39 is 18.2 Å². The third-order valence-electron chi connectivity index (χ3n) is 5.36. The van der Waals surface area contributed by atoms with Gasteiger partial charge in [0, 0.05) is 6.54 Å². The summed E-state index contributed by atoms with van der Waals surface area (Å²) in [5.74, 6) is -0.566. The number of rotatable bonds is 21. The topological polar surface area (TPSA) is 206 Å². The van der Waals surface area contributed by atoms with Crippen LogP contribution in [0.3, 0.4) is 0 Å². The van der Waals surface area contributed by atoms with Crippen LogP contribution in [-0.2, 0) is 14.3 Å². The zero-order valence-corrected chi connectivity index (χ0v) is 20.1. The Kier molecular flexibility index (Phi) is 19.4. The number of nitrogens with two attached hydrogens (primary N) is 5. The molecule has 11 heteroatoms. The SMILES string of the molecule is NCCCCCCCN(CC(=O)N[C@@H](CCCCN)COC(N)=O)C(=O)[C@@H](N)CCCCN. The summed E-state index contributed by atoms with van der Waals surface area (Å²) in [7, 11) is 0. The van der Waals surface area contributed by atoms with E-state index in [0.717, 1.165) is 57.8 Å². The van der Waals surface area contributed by atoms with Crippen molar-refractivity contribution in [1.29, 1.82) is 0 Å². The van der Waals surface area contributed by atoms with Crippen LogP contribution < -0.4 is 34.0 Å². The van der Waals surface area contributed by atoms with Gasteiger partial charge in [-0.15, -0.1) is 0 Å². The van der Waals surface area contributed by atoms with Gasteiger partial charge < -0.3 is 43.6 Å². The highest BCUT2D eigenvalue weighted by Gasteiger charge is 2.24. The van der Waals surface area contributed by atoms with E-state index >= 15 is 0 Å². The van der Waals surface area contributed by atoms with Gasteiger partial charge in [-0.05, 0) is 58.2 Å². The van der Waals surface area contributed by atoms with Crippen LogP contribution >= 0.6 is 0 Å². The molecule has 2 atom stereocenters. The number of hydrogen-bond acceptors (Lipinski definition) is 8. The van der Waals surface area contributed by atoms with Crippen molar-refractivity contribution in [3.8, 4) is 0 Å². The van der Waals surface area contributed by atoms with Crippen LogP contribution in [0.2, 0.25) is 0 Å². The van der Waals surface area contributed by atoms with Crippen molar-refractivity contribution in [2.24, 2.45) is 28.7 Å². The maximum Gasteiger partial charge on any atom is 0.404 e. The van der Waals surface area contributed by atoms with Gasteiger partial charge in [0.1, 0.15) is 6.61 Å². The lowest BCUT2D eigenvalue weighted by atomic mass is 10.1. The fourth-order valence-corrected chi connectivity index (χ4v) is 3.47. The third kappa shape index (κ3) is 17.2. The molecule has 194 valence electrons. The largest absolute Gasteiger partial charge is 0.448 e. The summed E-state index contributed by atoms with van der Waals surface area (Å²) in [5.41, 5.74) is 27.7. The molecule has 0 aliphatic carbocycles. The Bertz CT molecular complexity index is 537. The van der Waals surface area contributed by atoms with Gasteiger partial charge in [-0.25, -0.2) is 4.79 Å². The summed E-state index contributed by atoms with van der Waals surface area (Å²) in [6, 6.07) is -1.07. The molecule has 0 aliphatic heterocycles. The van der Waals surface area contributed by atoms with Gasteiger partial charge in [0.15, 0.2) is 0 Å². The second-order valence-corrected chi connectivity index (χ2v) is 8.39. The zero-order valence-electron chi connectivity index (χ0n) is 20.1. The summed E-state index contributed by atoms with van der Waals surface area (Å²) >= 11 is 0. The Balaban J connectivity index is 4.93. The molecule has 11 nitrogen and oxygen atoms in total. The molecule has 0 rings (SSSR count). The van der Waals surface area contributed by atoms with E-state index in [1.165, 1.54) is 4.90 Å². The van der Waals surface area contributed by atoms with Crippen LogP contribution in [0, 0.1) is 0 Å². The lowest BCUT2D eigenvalue weighted by molar-refractivity contribution is -0.137. The molecule has 0 aromatic rings. The van der Waals surface area contributed by atoms with Crippen LogP contribution in [0.5, 0.6) is 0 Å². The molecule has 0 saturated heterocycles. The Morgan fingerprint density at radius 2 is 1.33 bits per heavy atom. The van der Waals surface area contributed by atoms with E-state index in [2.05, 4.69) is 5.32 Å². The molecule has 0 bridgehead atoms. The number of carbonyl (C=O) groups excluding carboxylic acids is 3. The normalized spacial score (nSPS) is 12.7. The highest BCUT2D eigenvalue weighted by Crippen LogP contribution is 2.08. The summed E-state index contributed by atoms with van der Waals surface area (Å²) in [6.45, 7) is 2.08.